The van der Waals surface area contributed by atoms with Crippen LogP contribution in [-0.2, 0) is 4.79 Å². The number of fused-ring (bicyclic) bond motifs is 2. The van der Waals surface area contributed by atoms with Gasteiger partial charge in [-0.3, -0.25) is 4.79 Å². The largest absolute Gasteiger partial charge is 0.493 e. The zero-order chi connectivity index (χ0) is 18.5. The molecule has 7 heteroatoms. The zero-order valence-electron chi connectivity index (χ0n) is 16.1. The zero-order valence-corrected chi connectivity index (χ0v) is 17.7. The Morgan fingerprint density at radius 1 is 1.19 bits per heavy atom. The Bertz CT molecular complexity index is 617. The molecule has 1 aromatic rings. The molecule has 1 aromatic carbocycles. The maximum Gasteiger partial charge on any atom is 0.221 e. The van der Waals surface area contributed by atoms with Crippen molar-refractivity contribution in [1.29, 1.82) is 0 Å². The molecule has 5 nitrogen and oxygen atoms in total. The van der Waals surface area contributed by atoms with Gasteiger partial charge in [-0.25, -0.2) is 0 Å². The summed E-state index contributed by atoms with van der Waals surface area (Å²) in [5.41, 5.74) is 6.17. The lowest BCUT2D eigenvalue weighted by Crippen LogP contribution is -2.53. The lowest BCUT2D eigenvalue weighted by molar-refractivity contribution is -0.123. The normalized spacial score (nSPS) is 26.6. The van der Waals surface area contributed by atoms with E-state index in [0.717, 1.165) is 29.2 Å². The molecule has 2 atom stereocenters. The molecule has 0 radical (unpaired) electrons. The highest BCUT2D eigenvalue weighted by Crippen LogP contribution is 2.39. The van der Waals surface area contributed by atoms with Crippen molar-refractivity contribution in [2.24, 2.45) is 17.6 Å². The summed E-state index contributed by atoms with van der Waals surface area (Å²) in [7, 11) is 3.26. The van der Waals surface area contributed by atoms with Gasteiger partial charge in [-0.15, -0.1) is 24.2 Å². The number of rotatable bonds is 7. The summed E-state index contributed by atoms with van der Waals surface area (Å²) < 4.78 is 10.6. The third kappa shape index (κ3) is 5.69. The number of hydrogen-bond donors (Lipinski definition) is 2. The number of halogens is 1. The quantitative estimate of drug-likeness (QED) is 0.666. The summed E-state index contributed by atoms with van der Waals surface area (Å²) in [5, 5.41) is 3.32. The predicted octanol–water partition coefficient (Wildman–Crippen LogP) is 3.63. The van der Waals surface area contributed by atoms with Gasteiger partial charge in [0, 0.05) is 29.2 Å². The number of nitrogens with two attached hydrogens (primary N) is 1. The van der Waals surface area contributed by atoms with Crippen LogP contribution in [0.4, 0.5) is 0 Å². The van der Waals surface area contributed by atoms with E-state index in [1.165, 1.54) is 19.3 Å². The highest BCUT2D eigenvalue weighted by molar-refractivity contribution is 7.99. The number of carbonyl (C=O) groups is 1. The lowest BCUT2D eigenvalue weighted by Gasteiger charge is -2.45. The number of amides is 1. The number of thioether (sulfide) groups is 1. The number of nitrogens with one attached hydrogen (secondary N) is 1. The molecule has 0 spiro atoms. The van der Waals surface area contributed by atoms with Crippen molar-refractivity contribution in [2.45, 2.75) is 55.5 Å². The van der Waals surface area contributed by atoms with E-state index in [-0.39, 0.29) is 18.3 Å². The third-order valence-corrected chi connectivity index (χ3v) is 6.65. The van der Waals surface area contributed by atoms with E-state index < -0.39 is 0 Å². The second-order valence-electron chi connectivity index (χ2n) is 7.39. The van der Waals surface area contributed by atoms with Gasteiger partial charge in [-0.1, -0.05) is 6.42 Å². The van der Waals surface area contributed by atoms with Gasteiger partial charge in [0.15, 0.2) is 11.5 Å². The van der Waals surface area contributed by atoms with Gasteiger partial charge in [0.2, 0.25) is 5.91 Å². The third-order valence-electron chi connectivity index (χ3n) is 5.66. The first-order valence-electron chi connectivity index (χ1n) is 9.50. The fraction of sp³-hybridized carbons (Fsp3) is 0.650. The van der Waals surface area contributed by atoms with E-state index in [2.05, 4.69) is 5.32 Å². The number of ether oxygens (including phenoxy) is 2. The van der Waals surface area contributed by atoms with E-state index in [0.29, 0.717) is 36.1 Å². The van der Waals surface area contributed by atoms with Crippen LogP contribution in [0.3, 0.4) is 0 Å². The van der Waals surface area contributed by atoms with Gasteiger partial charge in [-0.05, 0) is 55.7 Å². The molecule has 152 valence electrons. The fourth-order valence-electron chi connectivity index (χ4n) is 4.45. The van der Waals surface area contributed by atoms with Gasteiger partial charge >= 0.3 is 0 Å². The van der Waals surface area contributed by atoms with E-state index >= 15 is 0 Å². The molecule has 2 aliphatic carbocycles. The summed E-state index contributed by atoms with van der Waals surface area (Å²) in [6, 6.07) is 6.50. The second-order valence-corrected chi connectivity index (χ2v) is 8.56. The molecule has 3 N–H and O–H groups in total. The van der Waals surface area contributed by atoms with E-state index in [1.54, 1.807) is 26.0 Å². The smallest absolute Gasteiger partial charge is 0.221 e. The Morgan fingerprint density at radius 3 is 2.48 bits per heavy atom. The number of benzene rings is 1. The summed E-state index contributed by atoms with van der Waals surface area (Å²) in [6.45, 7) is 0. The predicted molar refractivity (Wildman–Crippen MR) is 112 cm³/mol. The summed E-state index contributed by atoms with van der Waals surface area (Å²) in [5.74, 6) is 3.49. The lowest BCUT2D eigenvalue weighted by atomic mass is 9.67. The Kier molecular flexibility index (Phi) is 8.58. The Morgan fingerprint density at radius 2 is 1.85 bits per heavy atom. The molecule has 1 amide bonds. The monoisotopic (exact) mass is 414 g/mol. The maximum atomic E-state index is 12.4. The summed E-state index contributed by atoms with van der Waals surface area (Å²) in [6.07, 6.45) is 6.33. The molecule has 0 aromatic heterocycles. The van der Waals surface area contributed by atoms with Gasteiger partial charge < -0.3 is 20.5 Å². The molecule has 2 aliphatic rings. The Labute approximate surface area is 172 Å². The average molecular weight is 415 g/mol. The van der Waals surface area contributed by atoms with Crippen molar-refractivity contribution in [2.75, 3.05) is 20.0 Å². The Hall–Kier alpha value is -1.11. The van der Waals surface area contributed by atoms with Crippen LogP contribution in [0.25, 0.3) is 0 Å². The van der Waals surface area contributed by atoms with Gasteiger partial charge in [0.25, 0.3) is 0 Å². The minimum atomic E-state index is 0. The highest BCUT2D eigenvalue weighted by Gasteiger charge is 2.39. The van der Waals surface area contributed by atoms with Crippen LogP contribution in [0.2, 0.25) is 0 Å². The molecule has 2 saturated carbocycles. The molecule has 2 bridgehead atoms. The topological polar surface area (TPSA) is 73.6 Å². The van der Waals surface area contributed by atoms with Crippen molar-refractivity contribution in [3.05, 3.63) is 18.2 Å². The first kappa shape index (κ1) is 22.2. The van der Waals surface area contributed by atoms with Crippen LogP contribution in [0.5, 0.6) is 11.5 Å². The first-order chi connectivity index (χ1) is 12.6. The van der Waals surface area contributed by atoms with Gasteiger partial charge in [0.1, 0.15) is 0 Å². The molecule has 2 fully saturated rings. The number of hydrogen-bond acceptors (Lipinski definition) is 5. The van der Waals surface area contributed by atoms with Crippen LogP contribution >= 0.6 is 24.2 Å². The highest BCUT2D eigenvalue weighted by atomic mass is 35.5. The summed E-state index contributed by atoms with van der Waals surface area (Å²) in [4.78, 5) is 13.5. The van der Waals surface area contributed by atoms with Crippen LogP contribution in [0.15, 0.2) is 23.1 Å². The van der Waals surface area contributed by atoms with Crippen molar-refractivity contribution >= 4 is 30.1 Å². The van der Waals surface area contributed by atoms with Crippen molar-refractivity contribution < 1.29 is 14.3 Å². The minimum absolute atomic E-state index is 0. The SMILES string of the molecule is COc1ccc(SCCC(=O)NC2C3CCCC2CC(N)C3)cc1OC.Cl. The summed E-state index contributed by atoms with van der Waals surface area (Å²) >= 11 is 1.66. The molecular formula is C20H31ClN2O3S. The van der Waals surface area contributed by atoms with Crippen LogP contribution in [0.1, 0.15) is 38.5 Å². The van der Waals surface area contributed by atoms with E-state index in [9.17, 15) is 4.79 Å². The molecule has 3 rings (SSSR count). The van der Waals surface area contributed by atoms with Crippen molar-refractivity contribution in [3.63, 3.8) is 0 Å². The average Bonchev–Trinajstić information content (AvgIpc) is 2.62. The molecule has 0 heterocycles. The molecule has 27 heavy (non-hydrogen) atoms. The van der Waals surface area contributed by atoms with Crippen LogP contribution in [-0.4, -0.2) is 38.0 Å². The van der Waals surface area contributed by atoms with E-state index in [4.69, 9.17) is 15.2 Å². The molecule has 0 saturated heterocycles. The van der Waals surface area contributed by atoms with Gasteiger partial charge in [0.05, 0.1) is 14.2 Å². The minimum Gasteiger partial charge on any atom is -0.493 e. The number of carbonyl (C=O) groups excluding carboxylic acids is 1. The van der Waals surface area contributed by atoms with Gasteiger partial charge in [-0.2, -0.15) is 0 Å². The van der Waals surface area contributed by atoms with Crippen LogP contribution < -0.4 is 20.5 Å². The van der Waals surface area contributed by atoms with Crippen molar-refractivity contribution in [1.82, 2.24) is 5.32 Å². The maximum absolute atomic E-state index is 12.4. The molecule has 0 aliphatic heterocycles. The fourth-order valence-corrected chi connectivity index (χ4v) is 5.33. The van der Waals surface area contributed by atoms with E-state index in [1.807, 2.05) is 18.2 Å². The standard InChI is InChI=1S/C20H30N2O3S.ClH/c1-24-17-7-6-16(12-18(17)25-2)26-9-8-19(23)22-20-13-4-3-5-14(20)11-15(21)10-13;/h6-7,12-15,20H,3-5,8-11,21H2,1-2H3,(H,22,23);1H. The molecule has 2 unspecified atom stereocenters. The van der Waals surface area contributed by atoms with Crippen molar-refractivity contribution in [3.8, 4) is 11.5 Å². The molecular weight excluding hydrogens is 384 g/mol. The Balaban J connectivity index is 0.00000261. The van der Waals surface area contributed by atoms with Crippen LogP contribution in [0, 0.1) is 11.8 Å². The second kappa shape index (κ2) is 10.4. The first-order valence-corrected chi connectivity index (χ1v) is 10.5. The number of methoxy groups -OCH3 is 2.